The largest absolute Gasteiger partial charge is 0.478 e. The van der Waals surface area contributed by atoms with Crippen LogP contribution in [0.1, 0.15) is 53.2 Å². The van der Waals surface area contributed by atoms with Crippen LogP contribution < -0.4 is 0 Å². The summed E-state index contributed by atoms with van der Waals surface area (Å²) in [5.74, 6) is -0.632. The van der Waals surface area contributed by atoms with Gasteiger partial charge in [0.1, 0.15) is 0 Å². The first-order valence-corrected chi connectivity index (χ1v) is 9.18. The van der Waals surface area contributed by atoms with Crippen molar-refractivity contribution < 1.29 is 9.90 Å². The van der Waals surface area contributed by atoms with Gasteiger partial charge < -0.3 is 5.11 Å². The van der Waals surface area contributed by atoms with Crippen molar-refractivity contribution in [2.75, 3.05) is 0 Å². The van der Waals surface area contributed by atoms with Gasteiger partial charge in [0, 0.05) is 0 Å². The summed E-state index contributed by atoms with van der Waals surface area (Å²) < 4.78 is 0. The van der Waals surface area contributed by atoms with Crippen molar-refractivity contribution in [2.24, 2.45) is 0 Å². The average Bonchev–Trinajstić information content (AvgIpc) is 3.05. The molecule has 0 saturated heterocycles. The maximum absolute atomic E-state index is 11.6. The monoisotopic (exact) mass is 342 g/mol. The van der Waals surface area contributed by atoms with Crippen LogP contribution >= 0.6 is 0 Å². The van der Waals surface area contributed by atoms with E-state index in [2.05, 4.69) is 62.4 Å². The van der Waals surface area contributed by atoms with Crippen LogP contribution in [-0.2, 0) is 6.42 Å². The summed E-state index contributed by atoms with van der Waals surface area (Å²) in [5.41, 5.74) is 8.96. The fourth-order valence-corrected chi connectivity index (χ4v) is 3.98. The van der Waals surface area contributed by atoms with E-state index in [4.69, 9.17) is 0 Å². The molecule has 0 saturated carbocycles. The van der Waals surface area contributed by atoms with Gasteiger partial charge in [-0.15, -0.1) is 0 Å². The Morgan fingerprint density at radius 1 is 1.00 bits per heavy atom. The number of hydrogen-bond donors (Lipinski definition) is 1. The summed E-state index contributed by atoms with van der Waals surface area (Å²) in [5, 5.41) is 9.54. The molecule has 2 nitrogen and oxygen atoms in total. The third kappa shape index (κ3) is 2.62. The Kier molecular flexibility index (Phi) is 4.12. The number of fused-ring (bicyclic) bond motifs is 3. The van der Waals surface area contributed by atoms with Gasteiger partial charge in [0.15, 0.2) is 0 Å². The van der Waals surface area contributed by atoms with Crippen LogP contribution in [0.3, 0.4) is 0 Å². The summed E-state index contributed by atoms with van der Waals surface area (Å²) in [6.45, 7) is 4.19. The lowest BCUT2D eigenvalue weighted by molar-refractivity contribution is 0.0695. The van der Waals surface area contributed by atoms with Crippen molar-refractivity contribution in [3.63, 3.8) is 0 Å². The lowest BCUT2D eigenvalue weighted by Crippen LogP contribution is -2.05. The van der Waals surface area contributed by atoms with Crippen LogP contribution in [0.15, 0.2) is 60.7 Å². The van der Waals surface area contributed by atoms with Crippen molar-refractivity contribution in [1.29, 1.82) is 0 Å². The Morgan fingerprint density at radius 3 is 2.50 bits per heavy atom. The highest BCUT2D eigenvalue weighted by Crippen LogP contribution is 2.42. The summed E-state index contributed by atoms with van der Waals surface area (Å²) in [4.78, 5) is 11.6. The second-order valence-electron chi connectivity index (χ2n) is 7.08. The molecular formula is C24H22O2. The van der Waals surface area contributed by atoms with Gasteiger partial charge in [-0.3, -0.25) is 0 Å². The number of aromatic carboxylic acids is 1. The fourth-order valence-electron chi connectivity index (χ4n) is 3.98. The molecule has 0 aromatic heterocycles. The van der Waals surface area contributed by atoms with E-state index < -0.39 is 5.97 Å². The summed E-state index contributed by atoms with van der Waals surface area (Å²) in [6.07, 6.45) is 1.85. The van der Waals surface area contributed by atoms with E-state index in [0.29, 0.717) is 5.56 Å². The van der Waals surface area contributed by atoms with Crippen molar-refractivity contribution in [1.82, 2.24) is 0 Å². The normalized spacial score (nSPS) is 13.2. The molecule has 0 spiro atoms. The molecule has 0 amide bonds. The molecule has 1 aliphatic carbocycles. The van der Waals surface area contributed by atoms with Crippen LogP contribution in [0.25, 0.3) is 22.3 Å². The van der Waals surface area contributed by atoms with Gasteiger partial charge in [0.2, 0.25) is 0 Å². The maximum Gasteiger partial charge on any atom is 0.335 e. The Hall–Kier alpha value is -2.87. The minimum Gasteiger partial charge on any atom is -0.478 e. The molecule has 0 bridgehead atoms. The zero-order valence-electron chi connectivity index (χ0n) is 15.1. The summed E-state index contributed by atoms with van der Waals surface area (Å²) in [6, 6.07) is 20.8. The molecule has 1 unspecified atom stereocenters. The topological polar surface area (TPSA) is 37.3 Å². The first-order chi connectivity index (χ1) is 12.6. The Balaban J connectivity index is 1.87. The van der Waals surface area contributed by atoms with Crippen molar-refractivity contribution in [3.05, 3.63) is 82.9 Å². The van der Waals surface area contributed by atoms with Crippen molar-refractivity contribution >= 4 is 5.97 Å². The molecule has 0 radical (unpaired) electrons. The Bertz CT molecular complexity index is 1000. The second kappa shape index (κ2) is 6.45. The minimum atomic E-state index is -0.849. The molecule has 26 heavy (non-hydrogen) atoms. The molecule has 3 aromatic rings. The van der Waals surface area contributed by atoms with Crippen LogP contribution in [0.4, 0.5) is 0 Å². The molecule has 2 heteroatoms. The molecule has 0 fully saturated rings. The van der Waals surface area contributed by atoms with Gasteiger partial charge in [-0.2, -0.15) is 0 Å². The van der Waals surface area contributed by atoms with E-state index in [-0.39, 0.29) is 5.92 Å². The van der Waals surface area contributed by atoms with E-state index in [9.17, 15) is 9.90 Å². The van der Waals surface area contributed by atoms with E-state index in [1.165, 1.54) is 27.8 Å². The maximum atomic E-state index is 11.6. The molecule has 4 rings (SSSR count). The zero-order valence-corrected chi connectivity index (χ0v) is 15.1. The van der Waals surface area contributed by atoms with Gasteiger partial charge in [-0.25, -0.2) is 4.79 Å². The average molecular weight is 342 g/mol. The number of carbonyl (C=O) groups is 1. The van der Waals surface area contributed by atoms with Gasteiger partial charge in [0.25, 0.3) is 0 Å². The lowest BCUT2D eigenvalue weighted by Gasteiger charge is -2.16. The van der Waals surface area contributed by atoms with Gasteiger partial charge in [0.05, 0.1) is 5.56 Å². The third-order valence-corrected chi connectivity index (χ3v) is 5.59. The summed E-state index contributed by atoms with van der Waals surface area (Å²) in [7, 11) is 0. The number of carboxylic acids is 1. The lowest BCUT2D eigenvalue weighted by atomic mass is 9.88. The van der Waals surface area contributed by atoms with Gasteiger partial charge >= 0.3 is 5.97 Å². The summed E-state index contributed by atoms with van der Waals surface area (Å²) >= 11 is 0. The quantitative estimate of drug-likeness (QED) is 0.484. The molecule has 1 atom stereocenters. The van der Waals surface area contributed by atoms with Crippen LogP contribution in [0.2, 0.25) is 0 Å². The van der Waals surface area contributed by atoms with E-state index in [0.717, 1.165) is 24.0 Å². The molecule has 3 aromatic carbocycles. The first-order valence-electron chi connectivity index (χ1n) is 9.18. The predicted molar refractivity (Wildman–Crippen MR) is 106 cm³/mol. The first kappa shape index (κ1) is 16.6. The Labute approximate surface area is 154 Å². The van der Waals surface area contributed by atoms with E-state index >= 15 is 0 Å². The molecule has 1 aliphatic rings. The highest BCUT2D eigenvalue weighted by molar-refractivity contribution is 5.91. The predicted octanol–water partition coefficient (Wildman–Crippen LogP) is 6.14. The SMILES string of the molecule is CCC(C)c1cc(-c2cccc3c2Cc2ccccc2-3)ccc1C(=O)O. The molecular weight excluding hydrogens is 320 g/mol. The molecule has 0 aliphatic heterocycles. The van der Waals surface area contributed by atoms with E-state index in [1.807, 2.05) is 6.07 Å². The fraction of sp³-hybridized carbons (Fsp3) is 0.208. The van der Waals surface area contributed by atoms with E-state index in [1.54, 1.807) is 6.07 Å². The van der Waals surface area contributed by atoms with Crippen molar-refractivity contribution in [3.8, 4) is 22.3 Å². The number of hydrogen-bond acceptors (Lipinski definition) is 1. The van der Waals surface area contributed by atoms with Gasteiger partial charge in [-0.1, -0.05) is 68.4 Å². The van der Waals surface area contributed by atoms with Crippen LogP contribution in [0, 0.1) is 0 Å². The highest BCUT2D eigenvalue weighted by atomic mass is 16.4. The van der Waals surface area contributed by atoms with Gasteiger partial charge in [-0.05, 0) is 63.8 Å². The highest BCUT2D eigenvalue weighted by Gasteiger charge is 2.22. The molecule has 1 N–H and O–H groups in total. The minimum absolute atomic E-state index is 0.218. The van der Waals surface area contributed by atoms with Crippen LogP contribution in [-0.4, -0.2) is 11.1 Å². The van der Waals surface area contributed by atoms with Crippen molar-refractivity contribution in [2.45, 2.75) is 32.6 Å². The smallest absolute Gasteiger partial charge is 0.335 e. The van der Waals surface area contributed by atoms with Crippen LogP contribution in [0.5, 0.6) is 0 Å². The number of benzene rings is 3. The molecule has 130 valence electrons. The zero-order chi connectivity index (χ0) is 18.3. The molecule has 0 heterocycles. The number of carboxylic acid groups (broad SMARTS) is 1. The third-order valence-electron chi connectivity index (χ3n) is 5.59. The second-order valence-corrected chi connectivity index (χ2v) is 7.08. The number of rotatable bonds is 4. The Morgan fingerprint density at radius 2 is 1.73 bits per heavy atom. The standard InChI is InChI=1S/C24H22O2/c1-3-15(2)22-13-17(11-12-21(22)24(25)26)19-9-6-10-20-18-8-5-4-7-16(18)14-23(19)20/h4-13,15H,3,14H2,1-2H3,(H,25,26).